The minimum absolute atomic E-state index is 0.199. The predicted molar refractivity (Wildman–Crippen MR) is 63.7 cm³/mol. The van der Waals surface area contributed by atoms with E-state index in [-0.39, 0.29) is 5.38 Å². The third-order valence-electron chi connectivity index (χ3n) is 1.93. The van der Waals surface area contributed by atoms with Crippen molar-refractivity contribution in [2.75, 3.05) is 0 Å². The summed E-state index contributed by atoms with van der Waals surface area (Å²) in [6.45, 7) is 8.03. The molecule has 0 N–H and O–H groups in total. The van der Waals surface area contributed by atoms with Crippen LogP contribution in [-0.4, -0.2) is 10.4 Å². The second-order valence-electron chi connectivity index (χ2n) is 3.17. The van der Waals surface area contributed by atoms with Gasteiger partial charge in [0, 0.05) is 12.4 Å². The first-order valence-corrected chi connectivity index (χ1v) is 5.15. The summed E-state index contributed by atoms with van der Waals surface area (Å²) in [6.07, 6.45) is 5.60. The largest absolute Gasteiger partial charge is 0.265 e. The maximum Gasteiger partial charge on any atom is 0.0514 e. The molecule has 0 fully saturated rings. The molecule has 1 unspecified atom stereocenters. The van der Waals surface area contributed by atoms with E-state index in [1.807, 2.05) is 45.9 Å². The zero-order valence-electron chi connectivity index (χ0n) is 9.29. The van der Waals surface area contributed by atoms with Crippen LogP contribution in [-0.2, 0) is 0 Å². The molecule has 0 aromatic carbocycles. The van der Waals surface area contributed by atoms with Gasteiger partial charge < -0.3 is 0 Å². The van der Waals surface area contributed by atoms with Gasteiger partial charge in [0.1, 0.15) is 0 Å². The molecule has 1 rings (SSSR count). The number of hydrogen-bond acceptors (Lipinski definition) is 1. The summed E-state index contributed by atoms with van der Waals surface area (Å²) in [6, 6.07) is 3.94. The maximum absolute atomic E-state index is 5.66. The van der Waals surface area contributed by atoms with Gasteiger partial charge in [-0.3, -0.25) is 4.98 Å². The molecular formula is C12H18ClN. The molecule has 0 saturated carbocycles. The van der Waals surface area contributed by atoms with E-state index in [9.17, 15) is 0 Å². The van der Waals surface area contributed by atoms with Crippen LogP contribution < -0.4 is 0 Å². The lowest BCUT2D eigenvalue weighted by Crippen LogP contribution is -1.89. The summed E-state index contributed by atoms with van der Waals surface area (Å²) >= 11 is 5.66. The highest BCUT2D eigenvalue weighted by molar-refractivity contribution is 6.22. The molecular weight excluding hydrogens is 194 g/mol. The smallest absolute Gasteiger partial charge is 0.0514 e. The standard InChI is InChI=1S/C6H11Cl.C6H7N/c1-4-5(2)6(3)7;1-6-2-4-7-5-3-6/h4,6H,1-3H3;2-5H,1H3/b5-4-;. The second-order valence-corrected chi connectivity index (χ2v) is 3.83. The Bertz CT molecular complexity index is 265. The summed E-state index contributed by atoms with van der Waals surface area (Å²) in [5.41, 5.74) is 2.50. The fourth-order valence-electron chi connectivity index (χ4n) is 0.656. The van der Waals surface area contributed by atoms with Crippen LogP contribution in [0.5, 0.6) is 0 Å². The molecule has 0 aliphatic rings. The lowest BCUT2D eigenvalue weighted by Gasteiger charge is -1.97. The molecule has 0 spiro atoms. The topological polar surface area (TPSA) is 12.9 Å². The molecule has 0 aliphatic heterocycles. The molecule has 0 aliphatic carbocycles. The van der Waals surface area contributed by atoms with Gasteiger partial charge >= 0.3 is 0 Å². The second kappa shape index (κ2) is 7.57. The average Bonchev–Trinajstić information content (AvgIpc) is 2.18. The third kappa shape index (κ3) is 6.67. The Balaban J connectivity index is 0.000000241. The molecule has 2 heteroatoms. The minimum Gasteiger partial charge on any atom is -0.265 e. The van der Waals surface area contributed by atoms with Gasteiger partial charge in [-0.2, -0.15) is 0 Å². The SMILES string of the molecule is C/C=C(/C)C(C)Cl.Cc1ccncc1. The highest BCUT2D eigenvalue weighted by atomic mass is 35.5. The number of halogens is 1. The third-order valence-corrected chi connectivity index (χ3v) is 2.27. The summed E-state index contributed by atoms with van der Waals surface area (Å²) < 4.78 is 0. The van der Waals surface area contributed by atoms with Gasteiger partial charge in [0.05, 0.1) is 5.38 Å². The first-order valence-electron chi connectivity index (χ1n) is 4.71. The molecule has 78 valence electrons. The fraction of sp³-hybridized carbons (Fsp3) is 0.417. The van der Waals surface area contributed by atoms with Crippen LogP contribution in [0.2, 0.25) is 0 Å². The van der Waals surface area contributed by atoms with Crippen LogP contribution >= 0.6 is 11.6 Å². The van der Waals surface area contributed by atoms with E-state index in [1.165, 1.54) is 11.1 Å². The van der Waals surface area contributed by atoms with Gasteiger partial charge in [0.15, 0.2) is 0 Å². The minimum atomic E-state index is 0.199. The van der Waals surface area contributed by atoms with Crippen molar-refractivity contribution in [3.63, 3.8) is 0 Å². The molecule has 1 aromatic heterocycles. The van der Waals surface area contributed by atoms with Gasteiger partial charge in [-0.1, -0.05) is 11.6 Å². The van der Waals surface area contributed by atoms with Gasteiger partial charge in [-0.25, -0.2) is 0 Å². The summed E-state index contributed by atoms with van der Waals surface area (Å²) in [4.78, 5) is 3.85. The maximum atomic E-state index is 5.66. The Hall–Kier alpha value is -0.820. The molecule has 1 nitrogen and oxygen atoms in total. The number of alkyl halides is 1. The fourth-order valence-corrected chi connectivity index (χ4v) is 0.782. The highest BCUT2D eigenvalue weighted by Crippen LogP contribution is 2.05. The van der Waals surface area contributed by atoms with Crippen molar-refractivity contribution in [3.8, 4) is 0 Å². The van der Waals surface area contributed by atoms with Crippen LogP contribution in [0, 0.1) is 6.92 Å². The molecule has 0 amide bonds. The van der Waals surface area contributed by atoms with E-state index in [0.717, 1.165) is 0 Å². The van der Waals surface area contributed by atoms with E-state index < -0.39 is 0 Å². The van der Waals surface area contributed by atoms with E-state index >= 15 is 0 Å². The lowest BCUT2D eigenvalue weighted by atomic mass is 10.2. The number of nitrogens with zero attached hydrogens (tertiary/aromatic N) is 1. The number of allylic oxidation sites excluding steroid dienone is 2. The molecule has 1 heterocycles. The van der Waals surface area contributed by atoms with Crippen molar-refractivity contribution in [1.29, 1.82) is 0 Å². The van der Waals surface area contributed by atoms with Crippen LogP contribution in [0.4, 0.5) is 0 Å². The number of aryl methyl sites for hydroxylation is 1. The highest BCUT2D eigenvalue weighted by Gasteiger charge is 1.93. The number of aromatic nitrogens is 1. The summed E-state index contributed by atoms with van der Waals surface area (Å²) in [7, 11) is 0. The van der Waals surface area contributed by atoms with Crippen LogP contribution in [0.3, 0.4) is 0 Å². The van der Waals surface area contributed by atoms with E-state index in [0.29, 0.717) is 0 Å². The number of pyridine rings is 1. The van der Waals surface area contributed by atoms with Crippen molar-refractivity contribution in [1.82, 2.24) is 4.98 Å². The van der Waals surface area contributed by atoms with Gasteiger partial charge in [0.25, 0.3) is 0 Å². The molecule has 1 atom stereocenters. The van der Waals surface area contributed by atoms with Crippen LogP contribution in [0.1, 0.15) is 26.3 Å². The summed E-state index contributed by atoms with van der Waals surface area (Å²) in [5.74, 6) is 0. The van der Waals surface area contributed by atoms with E-state index in [1.54, 1.807) is 12.4 Å². The number of rotatable bonds is 1. The Morgan fingerprint density at radius 3 is 2.07 bits per heavy atom. The van der Waals surface area contributed by atoms with Crippen molar-refractivity contribution < 1.29 is 0 Å². The first kappa shape index (κ1) is 13.2. The Kier molecular flexibility index (Phi) is 7.13. The van der Waals surface area contributed by atoms with Gasteiger partial charge in [-0.05, 0) is 45.4 Å². The molecule has 14 heavy (non-hydrogen) atoms. The van der Waals surface area contributed by atoms with Crippen molar-refractivity contribution in [2.45, 2.75) is 33.1 Å². The molecule has 0 bridgehead atoms. The van der Waals surface area contributed by atoms with Crippen molar-refractivity contribution in [2.24, 2.45) is 0 Å². The predicted octanol–water partition coefficient (Wildman–Crippen LogP) is 3.97. The molecule has 1 aromatic rings. The van der Waals surface area contributed by atoms with Crippen LogP contribution in [0.15, 0.2) is 36.2 Å². The van der Waals surface area contributed by atoms with Crippen LogP contribution in [0.25, 0.3) is 0 Å². The number of hydrogen-bond donors (Lipinski definition) is 0. The Morgan fingerprint density at radius 1 is 1.43 bits per heavy atom. The first-order chi connectivity index (χ1) is 6.57. The zero-order valence-corrected chi connectivity index (χ0v) is 10.0. The molecule has 0 saturated heterocycles. The lowest BCUT2D eigenvalue weighted by molar-refractivity contribution is 1.10. The van der Waals surface area contributed by atoms with Crippen molar-refractivity contribution in [3.05, 3.63) is 41.7 Å². The van der Waals surface area contributed by atoms with Crippen molar-refractivity contribution >= 4 is 11.6 Å². The molecule has 0 radical (unpaired) electrons. The van der Waals surface area contributed by atoms with Gasteiger partial charge in [-0.15, -0.1) is 11.6 Å². The van der Waals surface area contributed by atoms with E-state index in [2.05, 4.69) is 4.98 Å². The van der Waals surface area contributed by atoms with Gasteiger partial charge in [0.2, 0.25) is 0 Å². The summed E-state index contributed by atoms with van der Waals surface area (Å²) in [5, 5.41) is 0.199. The zero-order chi connectivity index (χ0) is 11.0. The van der Waals surface area contributed by atoms with E-state index in [4.69, 9.17) is 11.6 Å². The Morgan fingerprint density at radius 2 is 1.93 bits per heavy atom. The average molecular weight is 212 g/mol. The quantitative estimate of drug-likeness (QED) is 0.506. The normalized spacial score (nSPS) is 12.8. The monoisotopic (exact) mass is 211 g/mol. The Labute approximate surface area is 91.8 Å².